The van der Waals surface area contributed by atoms with E-state index in [0.717, 1.165) is 29.0 Å². The van der Waals surface area contributed by atoms with E-state index in [0.29, 0.717) is 28.2 Å². The molecule has 2 heterocycles. The Kier molecular flexibility index (Phi) is 9.03. The maximum atomic E-state index is 12.3. The third kappa shape index (κ3) is 7.36. The number of thiophene rings is 1. The number of halogens is 1. The Morgan fingerprint density at radius 3 is 2.63 bits per heavy atom. The summed E-state index contributed by atoms with van der Waals surface area (Å²) >= 11 is 4.84. The first-order valence-electron chi connectivity index (χ1n) is 11.5. The largest absolute Gasteiger partial charge is 0.478 e. The van der Waals surface area contributed by atoms with E-state index >= 15 is 0 Å². The van der Waals surface area contributed by atoms with Crippen molar-refractivity contribution in [1.82, 2.24) is 4.90 Å². The molecule has 1 aliphatic heterocycles. The summed E-state index contributed by atoms with van der Waals surface area (Å²) in [5.74, 6) is -0.145. The molecule has 1 aromatic heterocycles. The first-order chi connectivity index (χ1) is 16.6. The molecule has 0 unspecified atom stereocenters. The third-order valence-corrected chi connectivity index (χ3v) is 7.34. The molecule has 0 aliphatic carbocycles. The standard InChI is InChI=1S/C25H30BrN3O5S/c1-5-32-20(30)15-33-22-19(14-27)35-23(21(22)26)16-7-6-8-18(13-16)28-17-9-11-29(12-10-17)24(31)34-25(2,3)4/h6-8,13,17,28H,5,9-12,15H2,1-4H3. The maximum Gasteiger partial charge on any atom is 0.410 e. The molecule has 0 bridgehead atoms. The van der Waals surface area contributed by atoms with Crippen LogP contribution in [0.15, 0.2) is 28.7 Å². The fourth-order valence-electron chi connectivity index (χ4n) is 3.64. The maximum absolute atomic E-state index is 12.3. The van der Waals surface area contributed by atoms with Crippen molar-refractivity contribution in [2.24, 2.45) is 0 Å². The number of carbonyl (C=O) groups excluding carboxylic acids is 2. The third-order valence-electron chi connectivity index (χ3n) is 5.19. The summed E-state index contributed by atoms with van der Waals surface area (Å²) in [5, 5.41) is 13.1. The lowest BCUT2D eigenvalue weighted by atomic mass is 10.0. The van der Waals surface area contributed by atoms with Gasteiger partial charge in [0.15, 0.2) is 12.4 Å². The van der Waals surface area contributed by atoms with Gasteiger partial charge in [0.1, 0.15) is 16.5 Å². The second-order valence-electron chi connectivity index (χ2n) is 9.08. The van der Waals surface area contributed by atoms with Crippen molar-refractivity contribution in [3.63, 3.8) is 0 Å². The lowest BCUT2D eigenvalue weighted by molar-refractivity contribution is -0.145. The lowest BCUT2D eigenvalue weighted by Gasteiger charge is -2.34. The van der Waals surface area contributed by atoms with Gasteiger partial charge in [0.05, 0.1) is 16.0 Å². The van der Waals surface area contributed by atoms with Crippen molar-refractivity contribution < 1.29 is 23.8 Å². The van der Waals surface area contributed by atoms with Crippen LogP contribution in [-0.4, -0.2) is 54.9 Å². The minimum absolute atomic E-state index is 0.230. The van der Waals surface area contributed by atoms with Gasteiger partial charge in [0, 0.05) is 24.8 Å². The molecule has 2 aromatic rings. The molecule has 1 aliphatic rings. The van der Waals surface area contributed by atoms with Gasteiger partial charge in [0.25, 0.3) is 0 Å². The predicted octanol–water partition coefficient (Wildman–Crippen LogP) is 5.80. The normalized spacial score (nSPS) is 14.2. The Morgan fingerprint density at radius 1 is 1.29 bits per heavy atom. The number of piperidine rings is 1. The number of nitrogens with one attached hydrogen (secondary N) is 1. The topological polar surface area (TPSA) is 101 Å². The number of rotatable bonds is 7. The number of nitriles is 1. The van der Waals surface area contributed by atoms with E-state index in [9.17, 15) is 14.9 Å². The number of benzene rings is 1. The Hall–Kier alpha value is -2.77. The van der Waals surface area contributed by atoms with E-state index in [1.54, 1.807) is 11.8 Å². The monoisotopic (exact) mass is 563 g/mol. The molecule has 3 rings (SSSR count). The van der Waals surface area contributed by atoms with Crippen molar-refractivity contribution in [2.75, 3.05) is 31.6 Å². The number of likely N-dealkylation sites (tertiary alicyclic amines) is 1. The molecular formula is C25H30BrN3O5S. The highest BCUT2D eigenvalue weighted by Crippen LogP contribution is 2.45. The van der Waals surface area contributed by atoms with Gasteiger partial charge < -0.3 is 24.4 Å². The molecule has 0 atom stereocenters. The van der Waals surface area contributed by atoms with Crippen LogP contribution < -0.4 is 10.1 Å². The minimum atomic E-state index is -0.502. The van der Waals surface area contributed by atoms with Crippen molar-refractivity contribution in [3.05, 3.63) is 33.6 Å². The van der Waals surface area contributed by atoms with Gasteiger partial charge in [-0.25, -0.2) is 9.59 Å². The fourth-order valence-corrected chi connectivity index (χ4v) is 5.48. The van der Waals surface area contributed by atoms with Crippen LogP contribution in [0.2, 0.25) is 0 Å². The van der Waals surface area contributed by atoms with E-state index in [4.69, 9.17) is 14.2 Å². The number of hydrogen-bond acceptors (Lipinski definition) is 8. The van der Waals surface area contributed by atoms with Crippen LogP contribution in [0.25, 0.3) is 10.4 Å². The second kappa shape index (κ2) is 11.8. The number of hydrogen-bond donors (Lipinski definition) is 1. The molecule has 35 heavy (non-hydrogen) atoms. The highest BCUT2D eigenvalue weighted by atomic mass is 79.9. The van der Waals surface area contributed by atoms with E-state index < -0.39 is 11.6 Å². The van der Waals surface area contributed by atoms with Crippen LogP contribution in [0, 0.1) is 11.3 Å². The summed E-state index contributed by atoms with van der Waals surface area (Å²) in [6.07, 6.45) is 1.36. The highest BCUT2D eigenvalue weighted by molar-refractivity contribution is 9.10. The van der Waals surface area contributed by atoms with Gasteiger partial charge in [-0.2, -0.15) is 5.26 Å². The fraction of sp³-hybridized carbons (Fsp3) is 0.480. The summed E-state index contributed by atoms with van der Waals surface area (Å²) in [4.78, 5) is 27.0. The summed E-state index contributed by atoms with van der Waals surface area (Å²) in [7, 11) is 0. The molecule has 0 spiro atoms. The highest BCUT2D eigenvalue weighted by Gasteiger charge is 2.27. The van der Waals surface area contributed by atoms with E-state index in [-0.39, 0.29) is 25.3 Å². The minimum Gasteiger partial charge on any atom is -0.478 e. The number of amides is 1. The Balaban J connectivity index is 1.66. The van der Waals surface area contributed by atoms with Crippen LogP contribution in [-0.2, 0) is 14.3 Å². The van der Waals surface area contributed by atoms with E-state index in [1.807, 2.05) is 45.0 Å². The van der Waals surface area contributed by atoms with Gasteiger partial charge in [-0.3, -0.25) is 0 Å². The number of carbonyl (C=O) groups is 2. The van der Waals surface area contributed by atoms with Crippen LogP contribution in [0.5, 0.6) is 5.75 Å². The average molecular weight is 565 g/mol. The van der Waals surface area contributed by atoms with Crippen LogP contribution in [0.1, 0.15) is 45.4 Å². The Bertz CT molecular complexity index is 1100. The molecule has 0 radical (unpaired) electrons. The van der Waals surface area contributed by atoms with Gasteiger partial charge >= 0.3 is 12.1 Å². The smallest absolute Gasteiger partial charge is 0.410 e. The lowest BCUT2D eigenvalue weighted by Crippen LogP contribution is -2.44. The summed E-state index contributed by atoms with van der Waals surface area (Å²) in [6.45, 7) is 8.60. The van der Waals surface area contributed by atoms with Gasteiger partial charge in [0.2, 0.25) is 0 Å². The predicted molar refractivity (Wildman–Crippen MR) is 139 cm³/mol. The molecule has 1 saturated heterocycles. The van der Waals surface area contributed by atoms with E-state index in [2.05, 4.69) is 27.3 Å². The molecule has 1 aromatic carbocycles. The molecule has 0 saturated carbocycles. The second-order valence-corrected chi connectivity index (χ2v) is 10.9. The number of anilines is 1. The molecular weight excluding hydrogens is 534 g/mol. The SMILES string of the molecule is CCOC(=O)COc1c(C#N)sc(-c2cccc(NC3CCN(C(=O)OC(C)(C)C)CC3)c2)c1Br. The summed E-state index contributed by atoms with van der Waals surface area (Å²) < 4.78 is 16.6. The zero-order valence-electron chi connectivity index (χ0n) is 20.4. The van der Waals surface area contributed by atoms with Crippen LogP contribution in [0.3, 0.4) is 0 Å². The van der Waals surface area contributed by atoms with Crippen molar-refractivity contribution in [1.29, 1.82) is 5.26 Å². The summed E-state index contributed by atoms with van der Waals surface area (Å²) in [6, 6.07) is 10.3. The number of nitrogens with zero attached hydrogens (tertiary/aromatic N) is 2. The average Bonchev–Trinajstić information content (AvgIpc) is 3.12. The summed E-state index contributed by atoms with van der Waals surface area (Å²) in [5.41, 5.74) is 1.37. The van der Waals surface area contributed by atoms with Crippen LogP contribution >= 0.6 is 27.3 Å². The zero-order chi connectivity index (χ0) is 25.6. The molecule has 1 amide bonds. The molecule has 1 N–H and O–H groups in total. The molecule has 10 heteroatoms. The quantitative estimate of drug-likeness (QED) is 0.424. The first-order valence-corrected chi connectivity index (χ1v) is 13.1. The first kappa shape index (κ1) is 26.8. The van der Waals surface area contributed by atoms with Crippen molar-refractivity contribution >= 4 is 45.0 Å². The van der Waals surface area contributed by atoms with Crippen molar-refractivity contribution in [3.8, 4) is 22.3 Å². The molecule has 188 valence electrons. The van der Waals surface area contributed by atoms with Gasteiger partial charge in [-0.05, 0) is 74.2 Å². The number of ether oxygens (including phenoxy) is 3. The van der Waals surface area contributed by atoms with Gasteiger partial charge in [-0.1, -0.05) is 12.1 Å². The Morgan fingerprint density at radius 2 is 2.00 bits per heavy atom. The molecule has 8 nitrogen and oxygen atoms in total. The number of esters is 1. The zero-order valence-corrected chi connectivity index (χ0v) is 22.8. The van der Waals surface area contributed by atoms with Gasteiger partial charge in [-0.15, -0.1) is 11.3 Å². The van der Waals surface area contributed by atoms with Crippen LogP contribution in [0.4, 0.5) is 10.5 Å². The van der Waals surface area contributed by atoms with E-state index in [1.165, 1.54) is 11.3 Å². The van der Waals surface area contributed by atoms with Crippen molar-refractivity contribution in [2.45, 2.75) is 52.2 Å². The Labute approximate surface area is 218 Å². The molecule has 1 fully saturated rings.